The van der Waals surface area contributed by atoms with Crippen LogP contribution in [-0.2, 0) is 0 Å². The van der Waals surface area contributed by atoms with Crippen LogP contribution in [-0.4, -0.2) is 10.2 Å². The van der Waals surface area contributed by atoms with Gasteiger partial charge in [0.25, 0.3) is 5.56 Å². The number of nitrogens with one attached hydrogen (secondary N) is 1. The largest absolute Gasteiger partial charge is 0.272 e. The van der Waals surface area contributed by atoms with Gasteiger partial charge in [0.15, 0.2) is 0 Å². The SMILES string of the molecule is O=c1[nH]nc(-c2cc(F)cc(Cl)c2)c2ccccc12. The minimum Gasteiger partial charge on any atom is -0.267 e. The molecular formula is C14H8ClFN2O. The van der Waals surface area contributed by atoms with Crippen LogP contribution >= 0.6 is 11.6 Å². The average Bonchev–Trinajstić information content (AvgIpc) is 2.38. The van der Waals surface area contributed by atoms with Gasteiger partial charge in [0.05, 0.1) is 11.1 Å². The average molecular weight is 275 g/mol. The molecule has 0 fully saturated rings. The Labute approximate surface area is 112 Å². The maximum absolute atomic E-state index is 13.4. The van der Waals surface area contributed by atoms with Gasteiger partial charge in [-0.1, -0.05) is 29.8 Å². The van der Waals surface area contributed by atoms with Crippen LogP contribution in [0, 0.1) is 5.82 Å². The first-order valence-electron chi connectivity index (χ1n) is 5.59. The summed E-state index contributed by atoms with van der Waals surface area (Å²) >= 11 is 5.84. The van der Waals surface area contributed by atoms with Crippen LogP contribution in [0.5, 0.6) is 0 Å². The lowest BCUT2D eigenvalue weighted by Gasteiger charge is -2.05. The fraction of sp³-hybridized carbons (Fsp3) is 0. The summed E-state index contributed by atoms with van der Waals surface area (Å²) in [7, 11) is 0. The lowest BCUT2D eigenvalue weighted by molar-refractivity contribution is 0.628. The topological polar surface area (TPSA) is 45.8 Å². The van der Waals surface area contributed by atoms with Crippen molar-refractivity contribution in [3.63, 3.8) is 0 Å². The van der Waals surface area contributed by atoms with Gasteiger partial charge in [-0.05, 0) is 24.3 Å². The van der Waals surface area contributed by atoms with Gasteiger partial charge >= 0.3 is 0 Å². The molecular weight excluding hydrogens is 267 g/mol. The van der Waals surface area contributed by atoms with Crippen molar-refractivity contribution in [2.24, 2.45) is 0 Å². The number of rotatable bonds is 1. The Bertz CT molecular complexity index is 809. The first-order valence-corrected chi connectivity index (χ1v) is 5.97. The molecule has 3 rings (SSSR count). The van der Waals surface area contributed by atoms with Crippen LogP contribution in [0.15, 0.2) is 47.3 Å². The van der Waals surface area contributed by atoms with Gasteiger partial charge < -0.3 is 0 Å². The Morgan fingerprint density at radius 1 is 1.11 bits per heavy atom. The van der Waals surface area contributed by atoms with E-state index in [0.717, 1.165) is 0 Å². The molecule has 0 atom stereocenters. The molecule has 1 N–H and O–H groups in total. The molecule has 94 valence electrons. The Morgan fingerprint density at radius 3 is 2.58 bits per heavy atom. The lowest BCUT2D eigenvalue weighted by Crippen LogP contribution is -2.09. The van der Waals surface area contributed by atoms with Crippen molar-refractivity contribution in [2.75, 3.05) is 0 Å². The molecule has 1 aromatic heterocycles. The smallest absolute Gasteiger partial charge is 0.267 e. The van der Waals surface area contributed by atoms with Crippen LogP contribution in [0.4, 0.5) is 4.39 Å². The van der Waals surface area contributed by atoms with E-state index in [1.54, 1.807) is 30.3 Å². The van der Waals surface area contributed by atoms with Crippen LogP contribution < -0.4 is 5.56 Å². The second kappa shape index (κ2) is 4.48. The summed E-state index contributed by atoms with van der Waals surface area (Å²) in [5.41, 5.74) is 0.746. The summed E-state index contributed by atoms with van der Waals surface area (Å²) in [5.74, 6) is -0.445. The zero-order chi connectivity index (χ0) is 13.4. The van der Waals surface area contributed by atoms with E-state index in [-0.39, 0.29) is 10.6 Å². The van der Waals surface area contributed by atoms with Crippen molar-refractivity contribution in [3.05, 3.63) is 63.7 Å². The number of fused-ring (bicyclic) bond motifs is 1. The van der Waals surface area contributed by atoms with E-state index in [0.29, 0.717) is 22.0 Å². The number of aromatic nitrogens is 2. The van der Waals surface area contributed by atoms with Crippen molar-refractivity contribution in [1.82, 2.24) is 10.2 Å². The quantitative estimate of drug-likeness (QED) is 0.739. The Kier molecular flexibility index (Phi) is 2.80. The molecule has 0 radical (unpaired) electrons. The van der Waals surface area contributed by atoms with Crippen LogP contribution in [0.1, 0.15) is 0 Å². The molecule has 0 spiro atoms. The van der Waals surface area contributed by atoms with Crippen molar-refractivity contribution in [2.45, 2.75) is 0 Å². The molecule has 19 heavy (non-hydrogen) atoms. The molecule has 0 amide bonds. The third kappa shape index (κ3) is 2.11. The predicted octanol–water partition coefficient (Wildman–Crippen LogP) is 3.38. The molecule has 3 aromatic rings. The highest BCUT2D eigenvalue weighted by Crippen LogP contribution is 2.27. The van der Waals surface area contributed by atoms with Crippen molar-refractivity contribution < 1.29 is 4.39 Å². The van der Waals surface area contributed by atoms with E-state index in [1.807, 2.05) is 0 Å². The van der Waals surface area contributed by atoms with Gasteiger partial charge in [-0.15, -0.1) is 0 Å². The van der Waals surface area contributed by atoms with Crippen LogP contribution in [0.2, 0.25) is 5.02 Å². The molecule has 1 heterocycles. The van der Waals surface area contributed by atoms with E-state index in [1.165, 1.54) is 12.1 Å². The maximum Gasteiger partial charge on any atom is 0.272 e. The van der Waals surface area contributed by atoms with Gasteiger partial charge in [0.2, 0.25) is 0 Å². The van der Waals surface area contributed by atoms with Gasteiger partial charge in [-0.25, -0.2) is 9.49 Å². The summed E-state index contributed by atoms with van der Waals surface area (Å²) in [6.45, 7) is 0. The molecule has 3 nitrogen and oxygen atoms in total. The summed E-state index contributed by atoms with van der Waals surface area (Å²) in [6.07, 6.45) is 0. The van der Waals surface area contributed by atoms with Crippen molar-refractivity contribution in [3.8, 4) is 11.3 Å². The third-order valence-corrected chi connectivity index (χ3v) is 3.05. The number of aromatic amines is 1. The maximum atomic E-state index is 13.4. The molecule has 2 aromatic carbocycles. The predicted molar refractivity (Wildman–Crippen MR) is 72.8 cm³/mol. The summed E-state index contributed by atoms with van der Waals surface area (Å²) in [4.78, 5) is 11.7. The zero-order valence-electron chi connectivity index (χ0n) is 9.65. The first-order chi connectivity index (χ1) is 9.15. The Hall–Kier alpha value is -2.20. The number of H-pyrrole nitrogens is 1. The van der Waals surface area contributed by atoms with E-state index >= 15 is 0 Å². The van der Waals surface area contributed by atoms with Gasteiger partial charge in [-0.2, -0.15) is 5.10 Å². The first kappa shape index (κ1) is 11.9. The molecule has 0 bridgehead atoms. The van der Waals surface area contributed by atoms with E-state index in [9.17, 15) is 9.18 Å². The number of benzene rings is 2. The Balaban J connectivity index is 2.37. The molecule has 0 saturated heterocycles. The van der Waals surface area contributed by atoms with E-state index in [2.05, 4.69) is 10.2 Å². The number of halogens is 2. The van der Waals surface area contributed by atoms with Crippen LogP contribution in [0.25, 0.3) is 22.0 Å². The standard InChI is InChI=1S/C14H8ClFN2O/c15-9-5-8(6-10(16)7-9)13-11-3-1-2-4-12(11)14(19)18-17-13/h1-7H,(H,18,19). The molecule has 0 aliphatic rings. The molecule has 0 unspecified atom stereocenters. The minimum atomic E-state index is -0.445. The van der Waals surface area contributed by atoms with E-state index < -0.39 is 5.82 Å². The summed E-state index contributed by atoms with van der Waals surface area (Å²) in [5, 5.41) is 7.86. The molecule has 0 aliphatic carbocycles. The fourth-order valence-corrected chi connectivity index (χ4v) is 2.25. The lowest BCUT2D eigenvalue weighted by atomic mass is 10.1. The van der Waals surface area contributed by atoms with Crippen LogP contribution in [0.3, 0.4) is 0 Å². The normalized spacial score (nSPS) is 10.8. The summed E-state index contributed by atoms with van der Waals surface area (Å²) < 4.78 is 13.4. The highest BCUT2D eigenvalue weighted by Gasteiger charge is 2.09. The second-order valence-electron chi connectivity index (χ2n) is 4.11. The molecule has 0 aliphatic heterocycles. The molecule has 5 heteroatoms. The highest BCUT2D eigenvalue weighted by atomic mass is 35.5. The Morgan fingerprint density at radius 2 is 1.84 bits per heavy atom. The highest BCUT2D eigenvalue weighted by molar-refractivity contribution is 6.30. The zero-order valence-corrected chi connectivity index (χ0v) is 10.4. The van der Waals surface area contributed by atoms with E-state index in [4.69, 9.17) is 11.6 Å². The number of hydrogen-bond donors (Lipinski definition) is 1. The second-order valence-corrected chi connectivity index (χ2v) is 4.54. The van der Waals surface area contributed by atoms with Gasteiger partial charge in [0.1, 0.15) is 5.82 Å². The number of nitrogens with zero attached hydrogens (tertiary/aromatic N) is 1. The third-order valence-electron chi connectivity index (χ3n) is 2.83. The van der Waals surface area contributed by atoms with Gasteiger partial charge in [0, 0.05) is 16.0 Å². The summed E-state index contributed by atoms with van der Waals surface area (Å²) in [6, 6.07) is 11.2. The minimum absolute atomic E-state index is 0.276. The fourth-order valence-electron chi connectivity index (χ4n) is 2.03. The van der Waals surface area contributed by atoms with Crippen molar-refractivity contribution in [1.29, 1.82) is 0 Å². The number of hydrogen-bond acceptors (Lipinski definition) is 2. The van der Waals surface area contributed by atoms with Crippen molar-refractivity contribution >= 4 is 22.4 Å². The van der Waals surface area contributed by atoms with Gasteiger partial charge in [-0.3, -0.25) is 4.79 Å². The monoisotopic (exact) mass is 274 g/mol. The molecule has 0 saturated carbocycles.